The maximum atomic E-state index is 11.9. The molecule has 1 aliphatic heterocycles. The number of hydrogen-bond donors (Lipinski definition) is 1. The van der Waals surface area contributed by atoms with Crippen molar-refractivity contribution in [3.63, 3.8) is 0 Å². The minimum absolute atomic E-state index is 0.178. The average molecular weight is 433 g/mol. The fraction of sp³-hybridized carbons (Fsp3) is 0.238. The van der Waals surface area contributed by atoms with E-state index < -0.39 is 15.6 Å². The Morgan fingerprint density at radius 3 is 2.77 bits per heavy atom. The van der Waals surface area contributed by atoms with Gasteiger partial charge in [0.05, 0.1) is 36.7 Å². The lowest BCUT2D eigenvalue weighted by atomic mass is 9.89. The third-order valence-corrected chi connectivity index (χ3v) is 6.95. The van der Waals surface area contributed by atoms with Gasteiger partial charge in [0, 0.05) is 48.2 Å². The zero-order valence-corrected chi connectivity index (χ0v) is 17.5. The molecule has 0 spiro atoms. The van der Waals surface area contributed by atoms with Crippen LogP contribution in [-0.4, -0.2) is 57.0 Å². The number of nitriles is 1. The van der Waals surface area contributed by atoms with Gasteiger partial charge in [0.15, 0.2) is 0 Å². The summed E-state index contributed by atoms with van der Waals surface area (Å²) in [6.45, 7) is 0.468. The van der Waals surface area contributed by atoms with Crippen LogP contribution in [-0.2, 0) is 15.6 Å². The first-order chi connectivity index (χ1) is 14.9. The summed E-state index contributed by atoms with van der Waals surface area (Å²) in [7, 11) is -3.30. The fourth-order valence-corrected chi connectivity index (χ4v) is 5.00. The highest BCUT2D eigenvalue weighted by Gasteiger charge is 2.49. The van der Waals surface area contributed by atoms with Gasteiger partial charge in [0.1, 0.15) is 5.54 Å². The van der Waals surface area contributed by atoms with Crippen molar-refractivity contribution in [1.29, 1.82) is 5.26 Å². The van der Waals surface area contributed by atoms with Crippen LogP contribution >= 0.6 is 0 Å². The van der Waals surface area contributed by atoms with Crippen LogP contribution in [0.25, 0.3) is 33.2 Å². The Morgan fingerprint density at radius 2 is 2.06 bits per heavy atom. The number of benzene rings is 1. The summed E-state index contributed by atoms with van der Waals surface area (Å²) >= 11 is 0. The van der Waals surface area contributed by atoms with Gasteiger partial charge >= 0.3 is 0 Å². The molecule has 4 aromatic rings. The molecule has 3 aromatic heterocycles. The van der Waals surface area contributed by atoms with Crippen molar-refractivity contribution in [3.8, 4) is 28.3 Å². The van der Waals surface area contributed by atoms with Crippen molar-refractivity contribution >= 4 is 20.9 Å². The number of fused-ring (bicyclic) bond motifs is 1. The van der Waals surface area contributed by atoms with Crippen LogP contribution in [0.2, 0.25) is 0 Å². The second kappa shape index (κ2) is 7.01. The van der Waals surface area contributed by atoms with Gasteiger partial charge in [-0.25, -0.2) is 8.42 Å². The van der Waals surface area contributed by atoms with E-state index in [4.69, 9.17) is 0 Å². The number of sulfonamides is 1. The van der Waals surface area contributed by atoms with E-state index in [0.717, 1.165) is 33.2 Å². The molecule has 0 aliphatic carbocycles. The Hall–Kier alpha value is -3.55. The smallest absolute Gasteiger partial charge is 0.211 e. The maximum absolute atomic E-state index is 11.9. The Bertz CT molecular complexity index is 1410. The van der Waals surface area contributed by atoms with E-state index in [1.54, 1.807) is 23.3 Å². The molecular formula is C21H19N7O2S. The molecule has 1 saturated heterocycles. The summed E-state index contributed by atoms with van der Waals surface area (Å²) in [6, 6.07) is 10.2. The topological polar surface area (TPSA) is 121 Å². The van der Waals surface area contributed by atoms with E-state index in [2.05, 4.69) is 32.4 Å². The number of nitrogens with one attached hydrogen (secondary N) is 1. The lowest BCUT2D eigenvalue weighted by Gasteiger charge is -2.47. The van der Waals surface area contributed by atoms with Crippen molar-refractivity contribution in [2.24, 2.45) is 0 Å². The van der Waals surface area contributed by atoms with Crippen LogP contribution in [0.15, 0.2) is 55.2 Å². The van der Waals surface area contributed by atoms with Gasteiger partial charge in [-0.15, -0.1) is 0 Å². The summed E-state index contributed by atoms with van der Waals surface area (Å²) in [6.07, 6.45) is 10.3. The van der Waals surface area contributed by atoms with Crippen LogP contribution in [0.5, 0.6) is 0 Å². The number of aromatic nitrogens is 5. The Labute approximate surface area is 179 Å². The first-order valence-electron chi connectivity index (χ1n) is 9.65. The van der Waals surface area contributed by atoms with Crippen LogP contribution < -0.4 is 0 Å². The molecule has 1 fully saturated rings. The second-order valence-electron chi connectivity index (χ2n) is 7.84. The van der Waals surface area contributed by atoms with E-state index >= 15 is 0 Å². The van der Waals surface area contributed by atoms with Crippen molar-refractivity contribution in [2.75, 3.05) is 19.3 Å². The monoisotopic (exact) mass is 433 g/mol. The van der Waals surface area contributed by atoms with Crippen molar-refractivity contribution in [3.05, 3.63) is 55.2 Å². The Kier molecular flexibility index (Phi) is 4.39. The van der Waals surface area contributed by atoms with Crippen LogP contribution in [0.4, 0.5) is 0 Å². The molecule has 0 atom stereocenters. The summed E-state index contributed by atoms with van der Waals surface area (Å²) in [4.78, 5) is 4.51. The zero-order chi connectivity index (χ0) is 21.6. The quantitative estimate of drug-likeness (QED) is 0.516. The molecule has 0 radical (unpaired) electrons. The lowest BCUT2D eigenvalue weighted by molar-refractivity contribution is 0.0724. The van der Waals surface area contributed by atoms with Gasteiger partial charge in [-0.05, 0) is 29.3 Å². The molecule has 1 N–H and O–H groups in total. The van der Waals surface area contributed by atoms with E-state index in [1.165, 1.54) is 10.6 Å². The molecule has 9 nitrogen and oxygen atoms in total. The number of aromatic amines is 1. The molecule has 1 aromatic carbocycles. The first kappa shape index (κ1) is 19.4. The van der Waals surface area contributed by atoms with Crippen LogP contribution in [0.3, 0.4) is 0 Å². The number of H-pyrrole nitrogens is 1. The number of pyridine rings is 1. The molecule has 0 amide bonds. The van der Waals surface area contributed by atoms with Gasteiger partial charge in [0.2, 0.25) is 10.0 Å². The fourth-order valence-electron chi connectivity index (χ4n) is 4.05. The molecular weight excluding hydrogens is 414 g/mol. The van der Waals surface area contributed by atoms with Gasteiger partial charge in [-0.1, -0.05) is 6.07 Å². The van der Waals surface area contributed by atoms with E-state index in [-0.39, 0.29) is 19.5 Å². The van der Waals surface area contributed by atoms with Crippen molar-refractivity contribution < 1.29 is 8.42 Å². The van der Waals surface area contributed by atoms with Gasteiger partial charge < -0.3 is 0 Å². The van der Waals surface area contributed by atoms with Crippen LogP contribution in [0, 0.1) is 11.3 Å². The molecule has 156 valence electrons. The molecule has 10 heteroatoms. The highest BCUT2D eigenvalue weighted by molar-refractivity contribution is 7.88. The lowest BCUT2D eigenvalue weighted by Crippen LogP contribution is -2.63. The molecule has 4 heterocycles. The predicted octanol–water partition coefficient (Wildman–Crippen LogP) is 2.37. The summed E-state index contributed by atoms with van der Waals surface area (Å²) < 4.78 is 26.8. The standard InChI is InChI=1S/C21H19N7O2S/c1-31(29,30)27-13-21(14-27,4-5-22)28-12-17(11-26-28)19-7-15(16-9-24-25-10-16)8-20-18(19)3-2-6-23-20/h2-3,6-12H,4,13-14H2,1H3,(H,24,25). The summed E-state index contributed by atoms with van der Waals surface area (Å²) in [5, 5.41) is 21.7. The van der Waals surface area contributed by atoms with Crippen molar-refractivity contribution in [2.45, 2.75) is 12.0 Å². The minimum atomic E-state index is -3.30. The summed E-state index contributed by atoms with van der Waals surface area (Å²) in [5.74, 6) is 0. The molecule has 31 heavy (non-hydrogen) atoms. The van der Waals surface area contributed by atoms with Gasteiger partial charge in [0.25, 0.3) is 0 Å². The third kappa shape index (κ3) is 3.28. The van der Waals surface area contributed by atoms with Gasteiger partial charge in [-0.2, -0.15) is 19.8 Å². The SMILES string of the molecule is CS(=O)(=O)N1CC(CC#N)(n2cc(-c3cc(-c4cn[nH]c4)cc4ncccc34)cn2)C1. The van der Waals surface area contributed by atoms with Crippen LogP contribution in [0.1, 0.15) is 6.42 Å². The first-order valence-corrected chi connectivity index (χ1v) is 11.5. The van der Waals surface area contributed by atoms with Crippen molar-refractivity contribution in [1.82, 2.24) is 29.3 Å². The normalized spacial score (nSPS) is 16.1. The van der Waals surface area contributed by atoms with E-state index in [1.807, 2.05) is 30.6 Å². The Balaban J connectivity index is 1.59. The molecule has 1 aliphatic rings. The Morgan fingerprint density at radius 1 is 1.23 bits per heavy atom. The van der Waals surface area contributed by atoms with Gasteiger partial charge in [-0.3, -0.25) is 14.8 Å². The number of hydrogen-bond acceptors (Lipinski definition) is 6. The largest absolute Gasteiger partial charge is 0.285 e. The maximum Gasteiger partial charge on any atom is 0.211 e. The van der Waals surface area contributed by atoms with E-state index in [0.29, 0.717) is 0 Å². The third-order valence-electron chi connectivity index (χ3n) is 5.75. The molecule has 0 saturated carbocycles. The number of nitrogens with zero attached hydrogens (tertiary/aromatic N) is 6. The second-order valence-corrected chi connectivity index (χ2v) is 9.83. The number of rotatable bonds is 5. The highest BCUT2D eigenvalue weighted by Crippen LogP contribution is 2.37. The predicted molar refractivity (Wildman–Crippen MR) is 115 cm³/mol. The highest BCUT2D eigenvalue weighted by atomic mass is 32.2. The molecule has 0 bridgehead atoms. The zero-order valence-electron chi connectivity index (χ0n) is 16.7. The molecule has 0 unspecified atom stereocenters. The van der Waals surface area contributed by atoms with E-state index in [9.17, 15) is 13.7 Å². The minimum Gasteiger partial charge on any atom is -0.285 e. The average Bonchev–Trinajstić information content (AvgIpc) is 3.41. The molecule has 5 rings (SSSR count). The summed E-state index contributed by atoms with van der Waals surface area (Å²) in [5.41, 5.74) is 3.94.